The van der Waals surface area contributed by atoms with Gasteiger partial charge in [-0.25, -0.2) is 4.98 Å². The quantitative estimate of drug-likeness (QED) is 0.796. The lowest BCUT2D eigenvalue weighted by Gasteiger charge is -2.36. The van der Waals surface area contributed by atoms with Gasteiger partial charge in [0.25, 0.3) is 0 Å². The van der Waals surface area contributed by atoms with E-state index in [-0.39, 0.29) is 0 Å². The molecule has 2 atom stereocenters. The summed E-state index contributed by atoms with van der Waals surface area (Å²) in [6.07, 6.45) is 4.29. The van der Waals surface area contributed by atoms with Crippen molar-refractivity contribution in [2.75, 3.05) is 24.5 Å². The van der Waals surface area contributed by atoms with Gasteiger partial charge >= 0.3 is 0 Å². The van der Waals surface area contributed by atoms with E-state index in [4.69, 9.17) is 23.2 Å². The molecule has 1 N–H and O–H groups in total. The van der Waals surface area contributed by atoms with Crippen LogP contribution in [0.4, 0.5) is 5.69 Å². The summed E-state index contributed by atoms with van der Waals surface area (Å²) in [5, 5.41) is 4.48. The average molecular weight is 272 g/mol. The molecule has 2 aliphatic rings. The molecule has 3 rings (SSSR count). The van der Waals surface area contributed by atoms with Crippen molar-refractivity contribution in [1.29, 1.82) is 0 Å². The fourth-order valence-electron chi connectivity index (χ4n) is 2.87. The Morgan fingerprint density at radius 2 is 2.24 bits per heavy atom. The van der Waals surface area contributed by atoms with Crippen LogP contribution < -0.4 is 10.2 Å². The number of halogens is 2. The van der Waals surface area contributed by atoms with E-state index in [1.807, 2.05) is 12.3 Å². The van der Waals surface area contributed by atoms with Crippen molar-refractivity contribution < 1.29 is 0 Å². The summed E-state index contributed by atoms with van der Waals surface area (Å²) in [6, 6.07) is 2.63. The van der Waals surface area contributed by atoms with E-state index < -0.39 is 0 Å². The van der Waals surface area contributed by atoms with Gasteiger partial charge in [-0.2, -0.15) is 0 Å². The number of nitrogens with one attached hydrogen (secondary N) is 1. The molecule has 0 unspecified atom stereocenters. The van der Waals surface area contributed by atoms with Crippen LogP contribution in [0.3, 0.4) is 0 Å². The Bertz CT molecular complexity index is 424. The summed E-state index contributed by atoms with van der Waals surface area (Å²) in [4.78, 5) is 6.48. The molecule has 0 saturated carbocycles. The van der Waals surface area contributed by atoms with Crippen molar-refractivity contribution in [3.8, 4) is 0 Å². The standard InChI is InChI=1S/C12H15Cl2N3/c13-10-5-9(6-16-12(10)14)17-4-2-11-8(7-17)1-3-15-11/h5-6,8,11,15H,1-4,7H2/t8-,11+/m0/s1. The van der Waals surface area contributed by atoms with Crippen molar-refractivity contribution in [3.05, 3.63) is 22.4 Å². The number of nitrogens with zero attached hydrogens (tertiary/aromatic N) is 2. The highest BCUT2D eigenvalue weighted by Gasteiger charge is 2.32. The van der Waals surface area contributed by atoms with Gasteiger partial charge in [0.2, 0.25) is 0 Å². The predicted molar refractivity (Wildman–Crippen MR) is 71.0 cm³/mol. The zero-order valence-electron chi connectivity index (χ0n) is 9.50. The molecule has 92 valence electrons. The minimum Gasteiger partial charge on any atom is -0.370 e. The number of piperidine rings is 1. The first-order valence-electron chi connectivity index (χ1n) is 6.03. The largest absolute Gasteiger partial charge is 0.370 e. The lowest BCUT2D eigenvalue weighted by atomic mass is 9.93. The molecular formula is C12H15Cl2N3. The molecule has 17 heavy (non-hydrogen) atoms. The van der Waals surface area contributed by atoms with Crippen LogP contribution >= 0.6 is 23.2 Å². The van der Waals surface area contributed by atoms with E-state index in [1.165, 1.54) is 12.8 Å². The minimum atomic E-state index is 0.382. The Morgan fingerprint density at radius 3 is 3.06 bits per heavy atom. The lowest BCUT2D eigenvalue weighted by Crippen LogP contribution is -2.44. The maximum atomic E-state index is 6.01. The molecule has 5 heteroatoms. The van der Waals surface area contributed by atoms with Gasteiger partial charge in [0.15, 0.2) is 0 Å². The van der Waals surface area contributed by atoms with Crippen molar-refractivity contribution in [2.24, 2.45) is 5.92 Å². The van der Waals surface area contributed by atoms with E-state index in [0.29, 0.717) is 16.2 Å². The van der Waals surface area contributed by atoms with Crippen LogP contribution in [0, 0.1) is 5.92 Å². The molecule has 1 aromatic heterocycles. The highest BCUT2D eigenvalue weighted by molar-refractivity contribution is 6.41. The van der Waals surface area contributed by atoms with Crippen molar-refractivity contribution in [3.63, 3.8) is 0 Å². The molecule has 2 aliphatic heterocycles. The fraction of sp³-hybridized carbons (Fsp3) is 0.583. The van der Waals surface area contributed by atoms with Gasteiger partial charge < -0.3 is 10.2 Å². The molecule has 2 fully saturated rings. The number of fused-ring (bicyclic) bond motifs is 1. The first kappa shape index (κ1) is 11.6. The summed E-state index contributed by atoms with van der Waals surface area (Å²) in [5.74, 6) is 0.762. The number of hydrogen-bond acceptors (Lipinski definition) is 3. The second kappa shape index (κ2) is 4.63. The predicted octanol–water partition coefficient (Wildman–Crippen LogP) is 2.58. The minimum absolute atomic E-state index is 0.382. The van der Waals surface area contributed by atoms with Gasteiger partial charge in [0.1, 0.15) is 5.15 Å². The highest BCUT2D eigenvalue weighted by Crippen LogP contribution is 2.30. The molecule has 0 radical (unpaired) electrons. The molecule has 0 aliphatic carbocycles. The van der Waals surface area contributed by atoms with Gasteiger partial charge in [-0.05, 0) is 31.4 Å². The monoisotopic (exact) mass is 271 g/mol. The van der Waals surface area contributed by atoms with Crippen molar-refractivity contribution >= 4 is 28.9 Å². The van der Waals surface area contributed by atoms with E-state index in [9.17, 15) is 0 Å². The van der Waals surface area contributed by atoms with E-state index in [0.717, 1.165) is 31.2 Å². The Labute approximate surface area is 111 Å². The second-order valence-electron chi connectivity index (χ2n) is 4.81. The van der Waals surface area contributed by atoms with Crippen LogP contribution in [0.25, 0.3) is 0 Å². The second-order valence-corrected chi connectivity index (χ2v) is 5.58. The van der Waals surface area contributed by atoms with Crippen LogP contribution in [0.15, 0.2) is 12.3 Å². The maximum absolute atomic E-state index is 6.01. The smallest absolute Gasteiger partial charge is 0.147 e. The first-order valence-corrected chi connectivity index (χ1v) is 6.79. The van der Waals surface area contributed by atoms with Crippen LogP contribution in [0.5, 0.6) is 0 Å². The highest BCUT2D eigenvalue weighted by atomic mass is 35.5. The summed E-state index contributed by atoms with van der Waals surface area (Å²) in [6.45, 7) is 3.31. The molecule has 1 aromatic rings. The van der Waals surface area contributed by atoms with Crippen molar-refractivity contribution in [1.82, 2.24) is 10.3 Å². The molecule has 0 spiro atoms. The van der Waals surface area contributed by atoms with Crippen LogP contribution in [0.2, 0.25) is 10.2 Å². The molecule has 2 saturated heterocycles. The van der Waals surface area contributed by atoms with Gasteiger partial charge in [-0.3, -0.25) is 0 Å². The van der Waals surface area contributed by atoms with Gasteiger partial charge in [0, 0.05) is 19.1 Å². The first-order chi connectivity index (χ1) is 8.24. The third kappa shape index (κ3) is 2.24. The molecule has 0 bridgehead atoms. The van der Waals surface area contributed by atoms with E-state index in [2.05, 4.69) is 15.2 Å². The third-order valence-corrected chi connectivity index (χ3v) is 4.49. The zero-order chi connectivity index (χ0) is 11.8. The number of rotatable bonds is 1. The van der Waals surface area contributed by atoms with Crippen molar-refractivity contribution in [2.45, 2.75) is 18.9 Å². The molecule has 0 amide bonds. The average Bonchev–Trinajstić information content (AvgIpc) is 2.79. The Balaban J connectivity index is 1.78. The summed E-state index contributed by atoms with van der Waals surface area (Å²) < 4.78 is 0. The lowest BCUT2D eigenvalue weighted by molar-refractivity contribution is 0.376. The SMILES string of the molecule is Clc1cc(N2CC[C@H]3NCC[C@H]3C2)cnc1Cl. The van der Waals surface area contributed by atoms with Crippen LogP contribution in [0.1, 0.15) is 12.8 Å². The van der Waals surface area contributed by atoms with Crippen LogP contribution in [-0.2, 0) is 0 Å². The third-order valence-electron chi connectivity index (χ3n) is 3.80. The van der Waals surface area contributed by atoms with Crippen LogP contribution in [-0.4, -0.2) is 30.7 Å². The molecular weight excluding hydrogens is 257 g/mol. The normalized spacial score (nSPS) is 28.2. The van der Waals surface area contributed by atoms with E-state index in [1.54, 1.807) is 0 Å². The number of aromatic nitrogens is 1. The molecule has 0 aromatic carbocycles. The number of pyridine rings is 1. The summed E-state index contributed by atoms with van der Waals surface area (Å²) in [5.41, 5.74) is 1.09. The molecule has 3 nitrogen and oxygen atoms in total. The fourth-order valence-corrected chi connectivity index (χ4v) is 3.13. The van der Waals surface area contributed by atoms with E-state index >= 15 is 0 Å². The topological polar surface area (TPSA) is 28.2 Å². The maximum Gasteiger partial charge on any atom is 0.147 e. The number of hydrogen-bond donors (Lipinski definition) is 1. The Kier molecular flexibility index (Phi) is 3.16. The van der Waals surface area contributed by atoms with Gasteiger partial charge in [-0.1, -0.05) is 23.2 Å². The Morgan fingerprint density at radius 1 is 1.35 bits per heavy atom. The summed E-state index contributed by atoms with van der Waals surface area (Å²) in [7, 11) is 0. The summed E-state index contributed by atoms with van der Waals surface area (Å²) >= 11 is 11.8. The van der Waals surface area contributed by atoms with Gasteiger partial charge in [0.05, 0.1) is 16.9 Å². The van der Waals surface area contributed by atoms with Gasteiger partial charge in [-0.15, -0.1) is 0 Å². The number of anilines is 1. The zero-order valence-corrected chi connectivity index (χ0v) is 11.0. The molecule has 3 heterocycles. The Hall–Kier alpha value is -0.510.